The minimum atomic E-state index is 0.633. The normalized spacial score (nSPS) is 12.2. The van der Waals surface area contributed by atoms with Crippen LogP contribution in [0.3, 0.4) is 0 Å². The van der Waals surface area contributed by atoms with Gasteiger partial charge < -0.3 is 4.42 Å². The zero-order valence-corrected chi connectivity index (χ0v) is 23.1. The maximum atomic E-state index is 6.61. The maximum absolute atomic E-state index is 6.61. The second kappa shape index (κ2) is 9.13. The summed E-state index contributed by atoms with van der Waals surface area (Å²) >= 11 is 1.82. The molecule has 4 nitrogen and oxygen atoms in total. The number of nitrogens with zero attached hydrogens (tertiary/aromatic N) is 3. The molecular weight excluding hydrogens is 534 g/mol. The van der Waals surface area contributed by atoms with E-state index in [2.05, 4.69) is 66.7 Å². The fourth-order valence-electron chi connectivity index (χ4n) is 5.97. The van der Waals surface area contributed by atoms with Crippen LogP contribution < -0.4 is 0 Å². The highest BCUT2D eigenvalue weighted by Gasteiger charge is 2.24. The molecule has 0 saturated carbocycles. The van der Waals surface area contributed by atoms with Crippen molar-refractivity contribution in [2.24, 2.45) is 0 Å². The standard InChI is InChI=1S/C37H21N3OS/c1-3-10-22(11-4-1)35-38-36(23-12-5-2-6-13-23)40-37(39-35)26-16-7-14-24(20-26)27-21-25-15-8-18-29-31(25)33-32-28(41-34(27)33)17-9-19-30(32)42-29/h1-21H. The third-order valence-corrected chi connectivity index (χ3v) is 9.00. The molecule has 0 aliphatic carbocycles. The van der Waals surface area contributed by atoms with Crippen LogP contribution >= 0.6 is 11.8 Å². The van der Waals surface area contributed by atoms with Gasteiger partial charge in [-0.2, -0.15) is 0 Å². The van der Waals surface area contributed by atoms with E-state index < -0.39 is 0 Å². The predicted octanol–water partition coefficient (Wildman–Crippen LogP) is 10.1. The van der Waals surface area contributed by atoms with Crippen LogP contribution in [0.5, 0.6) is 0 Å². The van der Waals surface area contributed by atoms with Crippen molar-refractivity contribution in [3.8, 4) is 45.3 Å². The Kier molecular flexibility index (Phi) is 5.10. The van der Waals surface area contributed by atoms with E-state index in [4.69, 9.17) is 19.4 Å². The molecule has 2 aromatic heterocycles. The smallest absolute Gasteiger partial charge is 0.164 e. The minimum absolute atomic E-state index is 0.633. The van der Waals surface area contributed by atoms with Gasteiger partial charge in [0.1, 0.15) is 11.2 Å². The van der Waals surface area contributed by atoms with Crippen molar-refractivity contribution in [1.29, 1.82) is 0 Å². The molecule has 3 heterocycles. The van der Waals surface area contributed by atoms with Crippen LogP contribution in [0.1, 0.15) is 0 Å². The van der Waals surface area contributed by atoms with Gasteiger partial charge in [0.2, 0.25) is 0 Å². The minimum Gasteiger partial charge on any atom is -0.455 e. The molecular formula is C37H21N3OS. The quantitative estimate of drug-likeness (QED) is 0.216. The highest BCUT2D eigenvalue weighted by molar-refractivity contribution is 8.00. The molecule has 0 amide bonds. The monoisotopic (exact) mass is 555 g/mol. The predicted molar refractivity (Wildman–Crippen MR) is 170 cm³/mol. The van der Waals surface area contributed by atoms with Gasteiger partial charge in [-0.05, 0) is 41.3 Å². The summed E-state index contributed by atoms with van der Waals surface area (Å²) in [5.41, 5.74) is 6.78. The van der Waals surface area contributed by atoms with Gasteiger partial charge in [-0.25, -0.2) is 15.0 Å². The Labute approximate surface area is 245 Å². The van der Waals surface area contributed by atoms with Crippen LogP contribution in [0, 0.1) is 0 Å². The van der Waals surface area contributed by atoms with Gasteiger partial charge in [0.15, 0.2) is 17.5 Å². The Balaban J connectivity index is 1.27. The largest absolute Gasteiger partial charge is 0.455 e. The Morgan fingerprint density at radius 2 is 1.02 bits per heavy atom. The lowest BCUT2D eigenvalue weighted by atomic mass is 9.95. The molecule has 0 unspecified atom stereocenters. The molecule has 0 radical (unpaired) electrons. The molecule has 9 rings (SSSR count). The number of hydrogen-bond donors (Lipinski definition) is 0. The third-order valence-electron chi connectivity index (χ3n) is 7.88. The summed E-state index contributed by atoms with van der Waals surface area (Å²) in [5, 5.41) is 4.89. The van der Waals surface area contributed by atoms with Crippen LogP contribution in [0.25, 0.3) is 78.0 Å². The zero-order valence-electron chi connectivity index (χ0n) is 22.3. The Morgan fingerprint density at radius 1 is 0.452 bits per heavy atom. The SMILES string of the molecule is c1ccc(-c2nc(-c3ccccc3)nc(-c3cccc(-c4cc5cccc6c5c5c4oc4cccc(c45)S6)c3)n2)cc1. The van der Waals surface area contributed by atoms with Gasteiger partial charge in [0, 0.05) is 48.2 Å². The summed E-state index contributed by atoms with van der Waals surface area (Å²) < 4.78 is 6.61. The molecule has 6 aromatic carbocycles. The van der Waals surface area contributed by atoms with E-state index in [1.807, 2.05) is 72.4 Å². The molecule has 1 aliphatic rings. The second-order valence-electron chi connectivity index (χ2n) is 10.4. The van der Waals surface area contributed by atoms with Crippen molar-refractivity contribution < 1.29 is 4.42 Å². The number of furan rings is 1. The first-order valence-corrected chi connectivity index (χ1v) is 14.7. The van der Waals surface area contributed by atoms with E-state index in [0.29, 0.717) is 17.5 Å². The molecule has 0 saturated heterocycles. The van der Waals surface area contributed by atoms with Crippen molar-refractivity contribution in [2.75, 3.05) is 0 Å². The lowest BCUT2D eigenvalue weighted by molar-refractivity contribution is 0.670. The molecule has 1 aliphatic heterocycles. The summed E-state index contributed by atoms with van der Waals surface area (Å²) in [5.74, 6) is 1.93. The van der Waals surface area contributed by atoms with Crippen LogP contribution in [0.4, 0.5) is 0 Å². The molecule has 196 valence electrons. The first-order chi connectivity index (χ1) is 20.8. The molecule has 0 fully saturated rings. The molecule has 0 atom stereocenters. The molecule has 0 bridgehead atoms. The lowest BCUT2D eigenvalue weighted by Gasteiger charge is -2.15. The van der Waals surface area contributed by atoms with E-state index in [9.17, 15) is 0 Å². The van der Waals surface area contributed by atoms with E-state index >= 15 is 0 Å². The fraction of sp³-hybridized carbons (Fsp3) is 0. The van der Waals surface area contributed by atoms with Crippen LogP contribution in [0.2, 0.25) is 0 Å². The highest BCUT2D eigenvalue weighted by Crippen LogP contribution is 2.51. The van der Waals surface area contributed by atoms with Gasteiger partial charge in [-0.3, -0.25) is 0 Å². The van der Waals surface area contributed by atoms with Crippen molar-refractivity contribution in [3.63, 3.8) is 0 Å². The van der Waals surface area contributed by atoms with E-state index in [-0.39, 0.29) is 0 Å². The Bertz CT molecular complexity index is 2270. The third kappa shape index (κ3) is 3.60. The van der Waals surface area contributed by atoms with E-state index in [1.165, 1.54) is 31.3 Å². The molecule has 42 heavy (non-hydrogen) atoms. The topological polar surface area (TPSA) is 51.8 Å². The first-order valence-electron chi connectivity index (χ1n) is 13.9. The lowest BCUT2D eigenvalue weighted by Crippen LogP contribution is -2.00. The number of rotatable bonds is 4. The van der Waals surface area contributed by atoms with Crippen LogP contribution in [-0.2, 0) is 0 Å². The molecule has 0 N–H and O–H groups in total. The average Bonchev–Trinajstić information content (AvgIpc) is 3.46. The Morgan fingerprint density at radius 3 is 1.74 bits per heavy atom. The van der Waals surface area contributed by atoms with E-state index in [1.54, 1.807) is 0 Å². The molecule has 0 spiro atoms. The fourth-order valence-corrected chi connectivity index (χ4v) is 7.13. The summed E-state index contributed by atoms with van der Waals surface area (Å²) in [7, 11) is 0. The van der Waals surface area contributed by atoms with Gasteiger partial charge in [0.05, 0.1) is 0 Å². The zero-order chi connectivity index (χ0) is 27.6. The van der Waals surface area contributed by atoms with Crippen molar-refractivity contribution in [3.05, 3.63) is 127 Å². The summed E-state index contributed by atoms with van der Waals surface area (Å²) in [4.78, 5) is 17.3. The summed E-state index contributed by atoms with van der Waals surface area (Å²) in [6.07, 6.45) is 0. The highest BCUT2D eigenvalue weighted by atomic mass is 32.2. The number of benzene rings is 6. The number of aromatic nitrogens is 3. The van der Waals surface area contributed by atoms with Gasteiger partial charge in [-0.15, -0.1) is 0 Å². The average molecular weight is 556 g/mol. The van der Waals surface area contributed by atoms with Crippen molar-refractivity contribution >= 4 is 44.5 Å². The molecule has 8 aromatic rings. The van der Waals surface area contributed by atoms with Crippen LogP contribution in [-0.4, -0.2) is 15.0 Å². The maximum Gasteiger partial charge on any atom is 0.164 e. The summed E-state index contributed by atoms with van der Waals surface area (Å²) in [6.45, 7) is 0. The first kappa shape index (κ1) is 23.4. The van der Waals surface area contributed by atoms with Gasteiger partial charge in [0.25, 0.3) is 0 Å². The van der Waals surface area contributed by atoms with Crippen molar-refractivity contribution in [2.45, 2.75) is 9.79 Å². The second-order valence-corrected chi connectivity index (χ2v) is 11.5. The van der Waals surface area contributed by atoms with Crippen molar-refractivity contribution in [1.82, 2.24) is 15.0 Å². The van der Waals surface area contributed by atoms with Gasteiger partial charge >= 0.3 is 0 Å². The Hall–Kier alpha value is -5.26. The molecule has 5 heteroatoms. The van der Waals surface area contributed by atoms with E-state index in [0.717, 1.165) is 39.0 Å². The number of hydrogen-bond acceptors (Lipinski definition) is 5. The summed E-state index contributed by atoms with van der Waals surface area (Å²) in [6, 6.07) is 43.7. The van der Waals surface area contributed by atoms with Crippen LogP contribution in [0.15, 0.2) is 142 Å². The van der Waals surface area contributed by atoms with Gasteiger partial charge in [-0.1, -0.05) is 109 Å².